The van der Waals surface area contributed by atoms with E-state index in [1.165, 1.54) is 38.0 Å². The molecule has 0 radical (unpaired) electrons. The number of carbonyl (C=O) groups excluding carboxylic acids is 2. The number of benzene rings is 2. The number of hydrogen-bond donors (Lipinski definition) is 3. The third-order valence-electron chi connectivity index (χ3n) is 10.8. The number of carboxylic acids is 1. The summed E-state index contributed by atoms with van der Waals surface area (Å²) >= 11 is 0. The summed E-state index contributed by atoms with van der Waals surface area (Å²) in [6.45, 7) is 10.3. The summed E-state index contributed by atoms with van der Waals surface area (Å²) in [5.41, 5.74) is -0.438. The summed E-state index contributed by atoms with van der Waals surface area (Å²) in [5.74, 6) is -4.78. The van der Waals surface area contributed by atoms with Crippen LogP contribution in [0.5, 0.6) is 0 Å². The van der Waals surface area contributed by atoms with Gasteiger partial charge >= 0.3 is 12.1 Å². The Labute approximate surface area is 317 Å². The van der Waals surface area contributed by atoms with Crippen molar-refractivity contribution in [1.29, 1.82) is 0 Å². The lowest BCUT2D eigenvalue weighted by Crippen LogP contribution is -2.55. The van der Waals surface area contributed by atoms with Crippen LogP contribution in [0.3, 0.4) is 0 Å². The maximum atomic E-state index is 15.8. The molecular formula is C41H49F5N4O5. The highest BCUT2D eigenvalue weighted by molar-refractivity contribution is 5.97. The number of amides is 2. The molecule has 55 heavy (non-hydrogen) atoms. The van der Waals surface area contributed by atoms with E-state index in [4.69, 9.17) is 0 Å². The second-order valence-corrected chi connectivity index (χ2v) is 15.8. The monoisotopic (exact) mass is 772 g/mol. The highest BCUT2D eigenvalue weighted by Gasteiger charge is 2.44. The number of carbonyl (C=O) groups is 3. The van der Waals surface area contributed by atoms with Crippen LogP contribution < -0.4 is 16.2 Å². The number of carboxylic acid groups (broad SMARTS) is 1. The lowest BCUT2D eigenvalue weighted by atomic mass is 9.78. The third kappa shape index (κ3) is 9.63. The van der Waals surface area contributed by atoms with Gasteiger partial charge in [0.05, 0.1) is 12.5 Å². The smallest absolute Gasteiger partial charge is 0.431 e. The first-order valence-corrected chi connectivity index (χ1v) is 18.7. The predicted molar refractivity (Wildman–Crippen MR) is 198 cm³/mol. The van der Waals surface area contributed by atoms with Crippen molar-refractivity contribution in [2.75, 3.05) is 19.6 Å². The van der Waals surface area contributed by atoms with Gasteiger partial charge in [0.1, 0.15) is 28.9 Å². The van der Waals surface area contributed by atoms with Crippen molar-refractivity contribution in [2.45, 2.75) is 104 Å². The fraction of sp³-hybridized carbons (Fsp3) is 0.512. The number of hydrogen-bond acceptors (Lipinski definition) is 5. The molecule has 2 fully saturated rings. The Morgan fingerprint density at radius 3 is 2.13 bits per heavy atom. The fourth-order valence-electron chi connectivity index (χ4n) is 8.36. The van der Waals surface area contributed by atoms with Crippen molar-refractivity contribution in [2.24, 2.45) is 11.3 Å². The van der Waals surface area contributed by atoms with Gasteiger partial charge in [0, 0.05) is 25.2 Å². The second kappa shape index (κ2) is 16.6. The van der Waals surface area contributed by atoms with Crippen LogP contribution in [-0.4, -0.2) is 58.0 Å². The highest BCUT2D eigenvalue weighted by atomic mass is 19.4. The standard InChI is InChI=1S/C41H49F5N4O5/c1-23(2)15-32(38(54)47-31(20-34(51)52)30-19-27(16-26(5)36(30)43)35-24(3)17-28(42)18-25(35)4)48-37(53)29-9-10-33(41(44,45)46)50(39(29)55)14-8-13-49-21-40(22-49)11-6-7-12-40/h9-10,16-19,23,31-32H,6-8,11-15,20-22H2,1-5H3,(H,47,54)(H,48,53)(H,51,52)/t31-,32-/m0/s1. The third-order valence-corrected chi connectivity index (χ3v) is 10.8. The van der Waals surface area contributed by atoms with Crippen molar-refractivity contribution in [1.82, 2.24) is 20.1 Å². The number of aryl methyl sites for hydroxylation is 3. The number of pyridine rings is 1. The highest BCUT2D eigenvalue weighted by Crippen LogP contribution is 2.45. The van der Waals surface area contributed by atoms with Gasteiger partial charge in [-0.1, -0.05) is 26.7 Å². The fourth-order valence-corrected chi connectivity index (χ4v) is 8.36. The predicted octanol–water partition coefficient (Wildman–Crippen LogP) is 7.48. The van der Waals surface area contributed by atoms with Crippen LogP contribution in [0.4, 0.5) is 22.0 Å². The minimum atomic E-state index is -4.86. The van der Waals surface area contributed by atoms with Crippen LogP contribution in [0.2, 0.25) is 0 Å². The molecule has 0 bridgehead atoms. The van der Waals surface area contributed by atoms with Gasteiger partial charge in [-0.15, -0.1) is 0 Å². The van der Waals surface area contributed by atoms with E-state index >= 15 is 4.39 Å². The van der Waals surface area contributed by atoms with E-state index in [1.54, 1.807) is 33.8 Å². The summed E-state index contributed by atoms with van der Waals surface area (Å²) in [5, 5.41) is 14.8. The molecule has 1 aliphatic carbocycles. The van der Waals surface area contributed by atoms with Gasteiger partial charge in [0.2, 0.25) is 5.91 Å². The molecule has 0 unspecified atom stereocenters. The largest absolute Gasteiger partial charge is 0.481 e. The molecule has 5 rings (SSSR count). The number of aliphatic carboxylic acids is 1. The molecule has 2 amide bonds. The maximum Gasteiger partial charge on any atom is 0.431 e. The number of nitrogens with one attached hydrogen (secondary N) is 2. The molecule has 3 aromatic rings. The number of halogens is 5. The summed E-state index contributed by atoms with van der Waals surface area (Å²) in [6, 6.07) is 4.25. The van der Waals surface area contributed by atoms with Crippen LogP contribution in [-0.2, 0) is 22.3 Å². The summed E-state index contributed by atoms with van der Waals surface area (Å²) in [4.78, 5) is 55.2. The Morgan fingerprint density at radius 2 is 1.55 bits per heavy atom. The molecule has 1 saturated carbocycles. The average molecular weight is 773 g/mol. The SMILES string of the molecule is Cc1cc(-c2c(C)cc(F)cc2C)cc([C@H](CC(=O)O)NC(=O)[C@H](CC(C)C)NC(=O)c2ccc(C(F)(F)F)n(CCCN3CC4(CCCC4)C3)c2=O)c1F. The molecule has 2 heterocycles. The normalized spacial score (nSPS) is 16.6. The van der Waals surface area contributed by atoms with E-state index in [0.29, 0.717) is 44.8 Å². The molecule has 2 aliphatic rings. The molecule has 3 N–H and O–H groups in total. The molecule has 298 valence electrons. The van der Waals surface area contributed by atoms with Gasteiger partial charge in [0.25, 0.3) is 11.5 Å². The van der Waals surface area contributed by atoms with Crippen LogP contribution in [0.15, 0.2) is 41.2 Å². The van der Waals surface area contributed by atoms with Crippen LogP contribution in [0.25, 0.3) is 11.1 Å². The zero-order valence-electron chi connectivity index (χ0n) is 31.8. The van der Waals surface area contributed by atoms with E-state index in [-0.39, 0.29) is 36.4 Å². The van der Waals surface area contributed by atoms with Crippen molar-refractivity contribution in [3.8, 4) is 11.1 Å². The van der Waals surface area contributed by atoms with E-state index in [2.05, 4.69) is 15.5 Å². The van der Waals surface area contributed by atoms with Crippen molar-refractivity contribution in [3.05, 3.63) is 91.9 Å². The van der Waals surface area contributed by atoms with Gasteiger partial charge in [0.15, 0.2) is 0 Å². The molecule has 9 nitrogen and oxygen atoms in total. The topological polar surface area (TPSA) is 121 Å². The lowest BCUT2D eigenvalue weighted by Gasteiger charge is -2.48. The Kier molecular flexibility index (Phi) is 12.6. The lowest BCUT2D eigenvalue weighted by molar-refractivity contribution is -0.144. The van der Waals surface area contributed by atoms with Gasteiger partial charge in [-0.05, 0) is 129 Å². The van der Waals surface area contributed by atoms with Gasteiger partial charge in [-0.3, -0.25) is 19.2 Å². The van der Waals surface area contributed by atoms with Gasteiger partial charge in [-0.25, -0.2) is 8.78 Å². The first kappa shape index (κ1) is 41.6. The molecule has 1 saturated heterocycles. The summed E-state index contributed by atoms with van der Waals surface area (Å²) in [6.07, 6.45) is -0.692. The van der Waals surface area contributed by atoms with Crippen LogP contribution in [0, 0.1) is 43.7 Å². The molecule has 2 atom stereocenters. The van der Waals surface area contributed by atoms with Crippen LogP contribution >= 0.6 is 0 Å². The number of rotatable bonds is 14. The molecule has 14 heteroatoms. The van der Waals surface area contributed by atoms with E-state index in [9.17, 15) is 41.8 Å². The zero-order chi connectivity index (χ0) is 40.4. The van der Waals surface area contributed by atoms with E-state index < -0.39 is 70.9 Å². The Bertz CT molecular complexity index is 1970. The molecule has 2 aromatic carbocycles. The number of alkyl halides is 3. The minimum Gasteiger partial charge on any atom is -0.481 e. The summed E-state index contributed by atoms with van der Waals surface area (Å²) < 4.78 is 72.6. The number of aromatic nitrogens is 1. The number of nitrogens with zero attached hydrogens (tertiary/aromatic N) is 2. The molecule has 1 spiro atoms. The van der Waals surface area contributed by atoms with Gasteiger partial charge < -0.3 is 25.2 Å². The quantitative estimate of drug-likeness (QED) is 0.146. The van der Waals surface area contributed by atoms with E-state index in [0.717, 1.165) is 32.0 Å². The summed E-state index contributed by atoms with van der Waals surface area (Å²) in [7, 11) is 0. The van der Waals surface area contributed by atoms with Crippen molar-refractivity contribution >= 4 is 17.8 Å². The Balaban J connectivity index is 1.39. The van der Waals surface area contributed by atoms with Gasteiger partial charge in [-0.2, -0.15) is 13.2 Å². The number of likely N-dealkylation sites (tertiary alicyclic amines) is 1. The molecule has 1 aliphatic heterocycles. The molecule has 1 aromatic heterocycles. The minimum absolute atomic E-state index is 0.000958. The first-order valence-electron chi connectivity index (χ1n) is 18.7. The van der Waals surface area contributed by atoms with E-state index in [1.807, 2.05) is 0 Å². The van der Waals surface area contributed by atoms with Crippen LogP contribution in [0.1, 0.15) is 103 Å². The average Bonchev–Trinajstić information content (AvgIpc) is 3.55. The van der Waals surface area contributed by atoms with Crippen molar-refractivity contribution < 1.29 is 41.4 Å². The Hall–Kier alpha value is -4.59. The van der Waals surface area contributed by atoms with Crippen molar-refractivity contribution in [3.63, 3.8) is 0 Å². The second-order valence-electron chi connectivity index (χ2n) is 15.8. The molecular weight excluding hydrogens is 723 g/mol. The first-order chi connectivity index (χ1) is 25.8. The maximum absolute atomic E-state index is 15.8. The Morgan fingerprint density at radius 1 is 0.909 bits per heavy atom. The zero-order valence-corrected chi connectivity index (χ0v) is 31.8.